The SMILES string of the molecule is CC(N)c1ccc(C(C)(C)CO)cc1. The van der Waals surface area contributed by atoms with E-state index < -0.39 is 0 Å². The predicted molar refractivity (Wildman–Crippen MR) is 59.2 cm³/mol. The standard InChI is InChI=1S/C12H19NO/c1-9(13)10-4-6-11(7-5-10)12(2,3)8-14/h4-7,9,14H,8,13H2,1-3H3. The molecule has 0 saturated carbocycles. The number of nitrogens with two attached hydrogens (primary N) is 1. The number of rotatable bonds is 3. The monoisotopic (exact) mass is 193 g/mol. The molecule has 1 unspecified atom stereocenters. The zero-order chi connectivity index (χ0) is 10.8. The molecule has 1 atom stereocenters. The van der Waals surface area contributed by atoms with Crippen molar-refractivity contribution >= 4 is 0 Å². The van der Waals surface area contributed by atoms with Crippen LogP contribution in [-0.4, -0.2) is 11.7 Å². The van der Waals surface area contributed by atoms with Crippen LogP contribution in [0.1, 0.15) is 37.9 Å². The van der Waals surface area contributed by atoms with Crippen LogP contribution in [0.5, 0.6) is 0 Å². The fourth-order valence-corrected chi connectivity index (χ4v) is 1.33. The minimum atomic E-state index is -0.170. The van der Waals surface area contributed by atoms with Gasteiger partial charge in [-0.1, -0.05) is 38.1 Å². The highest BCUT2D eigenvalue weighted by Gasteiger charge is 2.18. The van der Waals surface area contributed by atoms with E-state index >= 15 is 0 Å². The van der Waals surface area contributed by atoms with E-state index in [1.54, 1.807) is 0 Å². The van der Waals surface area contributed by atoms with Gasteiger partial charge in [-0.05, 0) is 18.1 Å². The van der Waals surface area contributed by atoms with Gasteiger partial charge in [0.1, 0.15) is 0 Å². The first-order chi connectivity index (χ1) is 6.47. The molecule has 1 aromatic rings. The average Bonchev–Trinajstić information content (AvgIpc) is 2.18. The van der Waals surface area contributed by atoms with Crippen LogP contribution in [0.3, 0.4) is 0 Å². The molecule has 14 heavy (non-hydrogen) atoms. The number of hydrogen-bond donors (Lipinski definition) is 2. The van der Waals surface area contributed by atoms with Gasteiger partial charge >= 0.3 is 0 Å². The van der Waals surface area contributed by atoms with Crippen LogP contribution < -0.4 is 5.73 Å². The van der Waals surface area contributed by atoms with Gasteiger partial charge in [-0.25, -0.2) is 0 Å². The Morgan fingerprint density at radius 1 is 1.29 bits per heavy atom. The molecule has 2 heteroatoms. The number of aliphatic hydroxyl groups is 1. The van der Waals surface area contributed by atoms with Crippen molar-refractivity contribution in [3.05, 3.63) is 35.4 Å². The van der Waals surface area contributed by atoms with Crippen molar-refractivity contribution in [3.63, 3.8) is 0 Å². The summed E-state index contributed by atoms with van der Waals surface area (Å²) in [7, 11) is 0. The van der Waals surface area contributed by atoms with Crippen molar-refractivity contribution in [3.8, 4) is 0 Å². The molecule has 0 aliphatic carbocycles. The summed E-state index contributed by atoms with van der Waals surface area (Å²) in [5, 5.41) is 9.20. The third-order valence-corrected chi connectivity index (χ3v) is 2.61. The van der Waals surface area contributed by atoms with Crippen molar-refractivity contribution in [1.29, 1.82) is 0 Å². The van der Waals surface area contributed by atoms with E-state index in [2.05, 4.69) is 0 Å². The molecule has 0 bridgehead atoms. The van der Waals surface area contributed by atoms with Gasteiger partial charge in [0.05, 0.1) is 6.61 Å². The van der Waals surface area contributed by atoms with E-state index in [4.69, 9.17) is 5.73 Å². The average molecular weight is 193 g/mol. The minimum absolute atomic E-state index is 0.0706. The molecule has 0 radical (unpaired) electrons. The molecular weight excluding hydrogens is 174 g/mol. The Morgan fingerprint density at radius 3 is 2.14 bits per heavy atom. The molecule has 0 amide bonds. The normalized spacial score (nSPS) is 14.1. The molecule has 1 rings (SSSR count). The lowest BCUT2D eigenvalue weighted by atomic mass is 9.85. The molecule has 0 aliphatic rings. The van der Waals surface area contributed by atoms with Crippen LogP contribution in [0, 0.1) is 0 Å². The lowest BCUT2D eigenvalue weighted by Gasteiger charge is -2.22. The van der Waals surface area contributed by atoms with Crippen molar-refractivity contribution < 1.29 is 5.11 Å². The maximum atomic E-state index is 9.20. The summed E-state index contributed by atoms with van der Waals surface area (Å²) in [4.78, 5) is 0. The fraction of sp³-hybridized carbons (Fsp3) is 0.500. The Kier molecular flexibility index (Phi) is 3.29. The van der Waals surface area contributed by atoms with Gasteiger partial charge in [0, 0.05) is 11.5 Å². The molecule has 0 spiro atoms. The van der Waals surface area contributed by atoms with Crippen LogP contribution in [0.4, 0.5) is 0 Å². The first kappa shape index (κ1) is 11.2. The second-order valence-corrected chi connectivity index (χ2v) is 4.45. The number of aliphatic hydroxyl groups excluding tert-OH is 1. The molecule has 0 heterocycles. The van der Waals surface area contributed by atoms with Gasteiger partial charge < -0.3 is 10.8 Å². The zero-order valence-corrected chi connectivity index (χ0v) is 9.12. The highest BCUT2D eigenvalue weighted by atomic mass is 16.3. The third kappa shape index (κ3) is 2.34. The topological polar surface area (TPSA) is 46.2 Å². The maximum absolute atomic E-state index is 9.20. The Morgan fingerprint density at radius 2 is 1.79 bits per heavy atom. The minimum Gasteiger partial charge on any atom is -0.395 e. The smallest absolute Gasteiger partial charge is 0.0522 e. The van der Waals surface area contributed by atoms with Crippen LogP contribution in [0.15, 0.2) is 24.3 Å². The van der Waals surface area contributed by atoms with Crippen molar-refractivity contribution in [2.75, 3.05) is 6.61 Å². The second kappa shape index (κ2) is 4.11. The summed E-state index contributed by atoms with van der Waals surface area (Å²) >= 11 is 0. The van der Waals surface area contributed by atoms with Gasteiger partial charge in [0.2, 0.25) is 0 Å². The fourth-order valence-electron chi connectivity index (χ4n) is 1.33. The zero-order valence-electron chi connectivity index (χ0n) is 9.12. The second-order valence-electron chi connectivity index (χ2n) is 4.45. The van der Waals surface area contributed by atoms with Gasteiger partial charge in [-0.15, -0.1) is 0 Å². The highest BCUT2D eigenvalue weighted by Crippen LogP contribution is 2.23. The van der Waals surface area contributed by atoms with Gasteiger partial charge in [-0.2, -0.15) is 0 Å². The maximum Gasteiger partial charge on any atom is 0.0522 e. The predicted octanol–water partition coefficient (Wildman–Crippen LogP) is 1.98. The molecule has 78 valence electrons. The molecule has 0 aliphatic heterocycles. The number of benzene rings is 1. The summed E-state index contributed by atoms with van der Waals surface area (Å²) in [5.74, 6) is 0. The van der Waals surface area contributed by atoms with E-state index in [0.717, 1.165) is 11.1 Å². The molecular formula is C12H19NO. The van der Waals surface area contributed by atoms with Gasteiger partial charge in [-0.3, -0.25) is 0 Å². The Bertz CT molecular complexity index is 288. The first-order valence-corrected chi connectivity index (χ1v) is 4.94. The molecule has 1 aromatic carbocycles. The number of hydrogen-bond acceptors (Lipinski definition) is 2. The summed E-state index contributed by atoms with van der Waals surface area (Å²) in [6.45, 7) is 6.17. The Labute approximate surface area is 85.8 Å². The van der Waals surface area contributed by atoms with Gasteiger partial charge in [0.25, 0.3) is 0 Å². The lowest BCUT2D eigenvalue weighted by molar-refractivity contribution is 0.218. The molecule has 2 nitrogen and oxygen atoms in total. The van der Waals surface area contributed by atoms with Crippen molar-refractivity contribution in [2.45, 2.75) is 32.2 Å². The van der Waals surface area contributed by atoms with Crippen LogP contribution in [-0.2, 0) is 5.41 Å². The first-order valence-electron chi connectivity index (χ1n) is 4.94. The van der Waals surface area contributed by atoms with E-state index in [-0.39, 0.29) is 18.1 Å². The molecule has 3 N–H and O–H groups in total. The summed E-state index contributed by atoms with van der Waals surface area (Å²) in [6.07, 6.45) is 0. The lowest BCUT2D eigenvalue weighted by Crippen LogP contribution is -2.22. The Hall–Kier alpha value is -0.860. The van der Waals surface area contributed by atoms with E-state index in [1.165, 1.54) is 0 Å². The summed E-state index contributed by atoms with van der Waals surface area (Å²) in [6, 6.07) is 8.19. The molecule has 0 fully saturated rings. The highest BCUT2D eigenvalue weighted by molar-refractivity contribution is 5.29. The van der Waals surface area contributed by atoms with Crippen molar-refractivity contribution in [2.24, 2.45) is 5.73 Å². The van der Waals surface area contributed by atoms with Crippen LogP contribution in [0.2, 0.25) is 0 Å². The van der Waals surface area contributed by atoms with E-state index in [0.29, 0.717) is 0 Å². The Balaban J connectivity index is 2.94. The largest absolute Gasteiger partial charge is 0.395 e. The van der Waals surface area contributed by atoms with Crippen LogP contribution >= 0.6 is 0 Å². The van der Waals surface area contributed by atoms with Crippen LogP contribution in [0.25, 0.3) is 0 Å². The van der Waals surface area contributed by atoms with Gasteiger partial charge in [0.15, 0.2) is 0 Å². The summed E-state index contributed by atoms with van der Waals surface area (Å²) < 4.78 is 0. The van der Waals surface area contributed by atoms with Crippen molar-refractivity contribution in [1.82, 2.24) is 0 Å². The summed E-state index contributed by atoms with van der Waals surface area (Å²) in [5.41, 5.74) is 7.86. The molecule has 0 aromatic heterocycles. The third-order valence-electron chi connectivity index (χ3n) is 2.61. The van der Waals surface area contributed by atoms with E-state index in [1.807, 2.05) is 45.0 Å². The van der Waals surface area contributed by atoms with E-state index in [9.17, 15) is 5.11 Å². The quantitative estimate of drug-likeness (QED) is 0.771. The molecule has 0 saturated heterocycles.